The number of rotatable bonds is 18. The number of aliphatic imine (C=N–C) groups is 6. The number of benzene rings is 8. The number of carboxylic acid groups (broad SMARTS) is 1. The molecule has 9 heterocycles. The van der Waals surface area contributed by atoms with E-state index < -0.39 is 71.0 Å². The molecule has 5 unspecified atom stereocenters. The summed E-state index contributed by atoms with van der Waals surface area (Å²) < 4.78 is 174. The van der Waals surface area contributed by atoms with Gasteiger partial charge in [0, 0.05) is 88.4 Å². The number of thiocarbonyl (C=S) groups is 3. The first-order valence-corrected chi connectivity index (χ1v) is 43.4. The highest BCUT2D eigenvalue weighted by molar-refractivity contribution is 7.80. The van der Waals surface area contributed by atoms with E-state index in [1.54, 1.807) is 106 Å². The molecule has 0 bridgehead atoms. The molecule has 3 fully saturated rings. The van der Waals surface area contributed by atoms with E-state index in [2.05, 4.69) is 65.4 Å². The van der Waals surface area contributed by atoms with Crippen LogP contribution >= 0.6 is 36.7 Å². The summed E-state index contributed by atoms with van der Waals surface area (Å²) in [5.41, 5.74) is 8.06. The van der Waals surface area contributed by atoms with Gasteiger partial charge in [-0.25, -0.2) is 14.7 Å². The molecule has 9 aliphatic heterocycles. The number of carbonyl (C=O) groups excluding carboxylic acids is 2. The Balaban J connectivity index is 0.000000170. The number of amidine groups is 4. The zero-order valence-electron chi connectivity index (χ0n) is 72.9. The fourth-order valence-corrected chi connectivity index (χ4v) is 17.4. The van der Waals surface area contributed by atoms with E-state index in [-0.39, 0.29) is 61.2 Å². The van der Waals surface area contributed by atoms with E-state index in [1.807, 2.05) is 77.6 Å². The molecule has 8 aromatic rings. The molecule has 8 aromatic carbocycles. The van der Waals surface area contributed by atoms with Crippen molar-refractivity contribution in [2.45, 2.75) is 154 Å². The number of halogens is 12. The van der Waals surface area contributed by atoms with Crippen LogP contribution in [0.15, 0.2) is 224 Å². The molecule has 0 aromatic heterocycles. The van der Waals surface area contributed by atoms with Crippen LogP contribution in [-0.4, -0.2) is 201 Å². The summed E-state index contributed by atoms with van der Waals surface area (Å²) in [5, 5.41) is 34.3. The Morgan fingerprint density at radius 1 is 0.456 bits per heavy atom. The molecular formula is C94H100F12N16O11S3. The number of carbonyl (C=O) groups is 3. The van der Waals surface area contributed by atoms with E-state index in [0.717, 1.165) is 42.6 Å². The highest BCUT2D eigenvalue weighted by Crippen LogP contribution is 2.47. The average molecular weight is 1950 g/mol. The minimum atomic E-state index is -4.80. The van der Waals surface area contributed by atoms with Crippen LogP contribution in [0.25, 0.3) is 0 Å². The third kappa shape index (κ3) is 23.1. The van der Waals surface area contributed by atoms with Gasteiger partial charge in [0.2, 0.25) is 0 Å². The SMILES string of the molecule is C.C.CC(C)(C)OO.CC1(C)C=NC(c2cccc(C3(c4ccc(OC(F)(F)F)cc4)NC(=S)N4CCCN=C43)c2)O1.CCNC(=O)c1cccc(C2(c3ccc(OC(F)(F)F)cc3)N=C(N)N3CCCN=C32)c1.CCNC(=O)c1cccc(C2(c3ccc(OC(F)(F)F)cc3)NC(=S)N3CCCN=C32)c1.O=C(O)c1cccc(C2(c3ccc(OC(F)(F)F)cc3)NC(=S)N3CCCN=C32)c1. The summed E-state index contributed by atoms with van der Waals surface area (Å²) in [5.74, 6) is -0.0516. The van der Waals surface area contributed by atoms with Gasteiger partial charge in [-0.1, -0.05) is 118 Å². The van der Waals surface area contributed by atoms with Crippen LogP contribution in [-0.2, 0) is 31.8 Å². The van der Waals surface area contributed by atoms with Gasteiger partial charge >= 0.3 is 31.4 Å². The first kappa shape index (κ1) is 104. The lowest BCUT2D eigenvalue weighted by Gasteiger charge is -2.33. The Kier molecular flexibility index (Phi) is 31.8. The number of nitrogens with one attached hydrogen (secondary N) is 5. The van der Waals surface area contributed by atoms with Crippen molar-refractivity contribution in [1.82, 2.24) is 46.2 Å². The number of amides is 2. The van der Waals surface area contributed by atoms with E-state index >= 15 is 0 Å². The lowest BCUT2D eigenvalue weighted by molar-refractivity contribution is -0.306. The first-order valence-electron chi connectivity index (χ1n) is 42.2. The molecule has 0 saturated carbocycles. The number of aromatic carboxylic acids is 1. The highest BCUT2D eigenvalue weighted by atomic mass is 32.1. The van der Waals surface area contributed by atoms with Crippen molar-refractivity contribution in [3.05, 3.63) is 261 Å². The number of alkyl halides is 12. The quantitative estimate of drug-likeness (QED) is 0.0171. The van der Waals surface area contributed by atoms with Crippen LogP contribution in [0.5, 0.6) is 23.0 Å². The Morgan fingerprint density at radius 3 is 1.10 bits per heavy atom. The van der Waals surface area contributed by atoms with E-state index in [9.17, 15) is 72.2 Å². The van der Waals surface area contributed by atoms with Gasteiger partial charge < -0.3 is 75.8 Å². The van der Waals surface area contributed by atoms with E-state index in [4.69, 9.17) is 67.4 Å². The number of guanidine groups is 1. The minimum Gasteiger partial charge on any atom is -0.478 e. The van der Waals surface area contributed by atoms with Gasteiger partial charge in [0.15, 0.2) is 33.1 Å². The van der Waals surface area contributed by atoms with Gasteiger partial charge in [-0.15, -0.1) is 52.7 Å². The molecule has 0 radical (unpaired) electrons. The molecule has 17 rings (SSSR count). The molecule has 9 aliphatic rings. The molecular weight excluding hydrogens is 1850 g/mol. The molecule has 27 nitrogen and oxygen atoms in total. The van der Waals surface area contributed by atoms with Gasteiger partial charge in [0.05, 0.1) is 11.2 Å². The smallest absolute Gasteiger partial charge is 0.478 e. The van der Waals surface area contributed by atoms with E-state index in [0.29, 0.717) is 148 Å². The topological polar surface area (TPSA) is 320 Å². The summed E-state index contributed by atoms with van der Waals surface area (Å²) in [4.78, 5) is 76.0. The van der Waals surface area contributed by atoms with Crippen LogP contribution in [0.3, 0.4) is 0 Å². The van der Waals surface area contributed by atoms with Crippen molar-refractivity contribution in [1.29, 1.82) is 0 Å². The average Bonchev–Trinajstić information content (AvgIpc) is 1.58. The third-order valence-corrected chi connectivity index (χ3v) is 22.9. The number of nitrogens with zero attached hydrogens (tertiary/aromatic N) is 10. The zero-order chi connectivity index (χ0) is 96.7. The molecule has 0 spiro atoms. The van der Waals surface area contributed by atoms with Crippen LogP contribution in [0, 0.1) is 0 Å². The van der Waals surface area contributed by atoms with Crippen molar-refractivity contribution in [2.75, 3.05) is 65.4 Å². The number of hydrogen-bond acceptors (Lipinski definition) is 21. The second kappa shape index (κ2) is 41.7. The minimum absolute atomic E-state index is 0. The fraction of sp³-hybridized carbons (Fsp3) is 0.362. The van der Waals surface area contributed by atoms with Crippen LogP contribution in [0.2, 0.25) is 0 Å². The summed E-state index contributed by atoms with van der Waals surface area (Å²) in [6.07, 6.45) is -14.5. The summed E-state index contributed by atoms with van der Waals surface area (Å²) in [6.45, 7) is 18.8. The maximum Gasteiger partial charge on any atom is 0.573 e. The van der Waals surface area contributed by atoms with Crippen LogP contribution < -0.4 is 51.3 Å². The molecule has 2 amide bonds. The molecule has 136 heavy (non-hydrogen) atoms. The normalized spacial score (nSPS) is 21.1. The molecule has 5 atom stereocenters. The summed E-state index contributed by atoms with van der Waals surface area (Å²) >= 11 is 16.7. The maximum absolute atomic E-state index is 12.7. The highest BCUT2D eigenvalue weighted by Gasteiger charge is 2.56. The second-order valence-electron chi connectivity index (χ2n) is 32.8. The number of fused-ring (bicyclic) bond motifs is 4. The number of ether oxygens (including phenoxy) is 5. The van der Waals surface area contributed by atoms with Crippen molar-refractivity contribution >= 4 is 105 Å². The van der Waals surface area contributed by atoms with Gasteiger partial charge in [-0.05, 0) is 246 Å². The van der Waals surface area contributed by atoms with Crippen molar-refractivity contribution < 1.29 is 106 Å². The Labute approximate surface area is 792 Å². The lowest BCUT2D eigenvalue weighted by Crippen LogP contribution is -2.46. The predicted octanol–water partition coefficient (Wildman–Crippen LogP) is 17.3. The van der Waals surface area contributed by atoms with Crippen molar-refractivity contribution in [3.8, 4) is 23.0 Å². The van der Waals surface area contributed by atoms with E-state index in [1.165, 1.54) is 84.9 Å². The second-order valence-corrected chi connectivity index (χ2v) is 34.0. The van der Waals surface area contributed by atoms with Gasteiger partial charge in [-0.2, -0.15) is 0 Å². The maximum atomic E-state index is 12.7. The summed E-state index contributed by atoms with van der Waals surface area (Å²) in [7, 11) is 0. The monoisotopic (exact) mass is 1950 g/mol. The molecule has 42 heteroatoms. The molecule has 9 N–H and O–H groups in total. The molecule has 0 aliphatic carbocycles. The Morgan fingerprint density at radius 2 is 0.765 bits per heavy atom. The molecule has 724 valence electrons. The first-order chi connectivity index (χ1) is 63.3. The lowest BCUT2D eigenvalue weighted by atomic mass is 9.81. The standard InChI is InChI=1S/C24H23F3N4O2S.C22H22F3N5O2.C22H21F3N4O2S.C20H16F3N3O3S.C4H10O2.2CH4/c1-22(2)14-29-19(33-22)15-5-3-6-17(13-15)23(20-28-11-4-12-31(20)21(34)30-23)16-7-9-18(10-8-16)32-24(25,26)27;1-2-27-18(31)14-5-3-6-16(13-14)21(19-28-11-4-12-30(19)20(26)29-21)15-7-9-17(10-8-15)32-22(23,24)25;1-2-26-18(30)14-5-3-6-16(13-14)21(19-27-11-4-12-29(19)20(32)28-21)15-7-9-17(10-8-15)31-22(23,24)25;21-20(22,23)29-15-7-5-13(6-8-15)19(14-4-1-3-12(11-14)16(27)28)17-24-9-2-10-26(17)18(30)25-19;1-4(2,3)6-5;;/h3,5-10,13-14,19H,4,11-12H2,1-2H3,(H,30,34);3,5-10,13H,2,4,11-12H2,1H3,(H2,26,29)(H,27,31);3,5-10,13H,2,4,11-12H2,1H3,(H,26,30)(H,28,32);1,3-8,11H,2,9-10H2,(H,25,30)(H,27,28);5H,1-3H3;2*1H4. The Bertz CT molecular complexity index is 5900. The Hall–Kier alpha value is -12.9. The predicted molar refractivity (Wildman–Crippen MR) is 501 cm³/mol. The van der Waals surface area contributed by atoms with Gasteiger partial charge in [0.1, 0.15) is 68.6 Å². The number of hydrogen-bond donors (Lipinski definition) is 8. The fourth-order valence-electron chi connectivity index (χ4n) is 16.4. The van der Waals surface area contributed by atoms with Crippen LogP contribution in [0.4, 0.5) is 52.7 Å². The largest absolute Gasteiger partial charge is 0.573 e. The molecule has 3 saturated heterocycles. The number of nitrogens with two attached hydrogens (primary N) is 1. The van der Waals surface area contributed by atoms with Crippen LogP contribution in [0.1, 0.15) is 176 Å². The summed E-state index contributed by atoms with van der Waals surface area (Å²) in [6, 6.07) is 50.5. The van der Waals surface area contributed by atoms with Gasteiger partial charge in [-0.3, -0.25) is 44.7 Å². The van der Waals surface area contributed by atoms with Crippen molar-refractivity contribution in [3.63, 3.8) is 0 Å². The zero-order valence-corrected chi connectivity index (χ0v) is 75.4. The number of carboxylic acids is 1. The third-order valence-electron chi connectivity index (χ3n) is 21.9. The van der Waals surface area contributed by atoms with Gasteiger partial charge in [0.25, 0.3) is 11.8 Å². The van der Waals surface area contributed by atoms with Crippen molar-refractivity contribution in [2.24, 2.45) is 35.7 Å².